The van der Waals surface area contributed by atoms with E-state index in [0.29, 0.717) is 0 Å². The molecule has 0 atom stereocenters. The molecule has 3 heteroatoms. The summed E-state index contributed by atoms with van der Waals surface area (Å²) in [6.45, 7) is 0.856. The van der Waals surface area contributed by atoms with E-state index in [2.05, 4.69) is 28.4 Å². The van der Waals surface area contributed by atoms with Crippen LogP contribution in [0.25, 0.3) is 0 Å². The minimum atomic E-state index is 0.732. The summed E-state index contributed by atoms with van der Waals surface area (Å²) >= 11 is 4.52. The molecule has 0 amide bonds. The standard InChI is InChI=1S/C16H28N2S/c17-14-12-10-8-6-4-2-1-3-5-7-9-11-13-15-18-16-19/h1-13,15H2. The number of rotatable bonds is 14. The van der Waals surface area contributed by atoms with Gasteiger partial charge in [-0.05, 0) is 25.1 Å². The second kappa shape index (κ2) is 17.3. The van der Waals surface area contributed by atoms with E-state index in [1.165, 1.54) is 64.2 Å². The van der Waals surface area contributed by atoms with E-state index in [0.717, 1.165) is 25.8 Å². The Bertz CT molecular complexity index is 264. The van der Waals surface area contributed by atoms with Gasteiger partial charge in [0.15, 0.2) is 0 Å². The van der Waals surface area contributed by atoms with Crippen LogP contribution in [-0.4, -0.2) is 11.7 Å². The second-order valence-corrected chi connectivity index (χ2v) is 5.31. The summed E-state index contributed by atoms with van der Waals surface area (Å²) in [7, 11) is 0. The van der Waals surface area contributed by atoms with Crippen LogP contribution in [0.1, 0.15) is 83.5 Å². The van der Waals surface area contributed by atoms with Crippen LogP contribution < -0.4 is 0 Å². The highest BCUT2D eigenvalue weighted by Gasteiger charge is 1.93. The van der Waals surface area contributed by atoms with E-state index in [1.807, 2.05) is 0 Å². The molecule has 0 fully saturated rings. The summed E-state index contributed by atoms with van der Waals surface area (Å²) in [5.74, 6) is 0. The Kier molecular flexibility index (Phi) is 16.6. The van der Waals surface area contributed by atoms with Crippen molar-refractivity contribution in [1.29, 1.82) is 5.26 Å². The van der Waals surface area contributed by atoms with Gasteiger partial charge in [-0.15, -0.1) is 0 Å². The lowest BCUT2D eigenvalue weighted by Gasteiger charge is -2.02. The number of aliphatic imine (C=N–C) groups is 1. The average molecular weight is 280 g/mol. The monoisotopic (exact) mass is 280 g/mol. The Labute approximate surface area is 124 Å². The minimum Gasteiger partial charge on any atom is -0.233 e. The number of nitrogens with zero attached hydrogens (tertiary/aromatic N) is 2. The summed E-state index contributed by atoms with van der Waals surface area (Å²) in [5.41, 5.74) is 0. The Hall–Kier alpha value is -0.710. The fraction of sp³-hybridized carbons (Fsp3) is 0.875. The van der Waals surface area contributed by atoms with Crippen LogP contribution in [0, 0.1) is 11.3 Å². The predicted molar refractivity (Wildman–Crippen MR) is 85.5 cm³/mol. The van der Waals surface area contributed by atoms with Crippen molar-refractivity contribution < 1.29 is 0 Å². The van der Waals surface area contributed by atoms with Gasteiger partial charge in [0.05, 0.1) is 11.2 Å². The lowest BCUT2D eigenvalue weighted by Crippen LogP contribution is -1.84. The largest absolute Gasteiger partial charge is 0.233 e. The molecule has 19 heavy (non-hydrogen) atoms. The molecule has 0 heterocycles. The Balaban J connectivity index is 2.95. The van der Waals surface area contributed by atoms with Crippen LogP contribution >= 0.6 is 12.2 Å². The highest BCUT2D eigenvalue weighted by Crippen LogP contribution is 2.12. The molecule has 0 aliphatic heterocycles. The normalized spacial score (nSPS) is 9.84. The predicted octanol–water partition coefficient (Wildman–Crippen LogP) is 5.68. The molecular weight excluding hydrogens is 252 g/mol. The van der Waals surface area contributed by atoms with Gasteiger partial charge in [-0.2, -0.15) is 5.26 Å². The van der Waals surface area contributed by atoms with E-state index < -0.39 is 0 Å². The Morgan fingerprint density at radius 2 is 1.11 bits per heavy atom. The van der Waals surface area contributed by atoms with E-state index in [1.54, 1.807) is 0 Å². The lowest BCUT2D eigenvalue weighted by atomic mass is 10.0. The van der Waals surface area contributed by atoms with Crippen molar-refractivity contribution in [2.24, 2.45) is 4.99 Å². The van der Waals surface area contributed by atoms with E-state index in [9.17, 15) is 0 Å². The van der Waals surface area contributed by atoms with Crippen molar-refractivity contribution in [1.82, 2.24) is 0 Å². The Morgan fingerprint density at radius 3 is 1.53 bits per heavy atom. The molecule has 0 aromatic heterocycles. The first-order valence-electron chi connectivity index (χ1n) is 7.82. The SMILES string of the molecule is N#CCCCCCCCCCCCCCCN=C=S. The molecule has 0 N–H and O–H groups in total. The van der Waals surface area contributed by atoms with E-state index in [4.69, 9.17) is 5.26 Å². The fourth-order valence-electron chi connectivity index (χ4n) is 2.21. The van der Waals surface area contributed by atoms with Crippen molar-refractivity contribution in [3.05, 3.63) is 0 Å². The topological polar surface area (TPSA) is 36.1 Å². The average Bonchev–Trinajstić information content (AvgIpc) is 2.43. The summed E-state index contributed by atoms with van der Waals surface area (Å²) in [6, 6.07) is 2.20. The molecular formula is C16H28N2S. The van der Waals surface area contributed by atoms with E-state index >= 15 is 0 Å². The van der Waals surface area contributed by atoms with Crippen molar-refractivity contribution in [2.45, 2.75) is 83.5 Å². The van der Waals surface area contributed by atoms with Gasteiger partial charge < -0.3 is 0 Å². The maximum absolute atomic E-state index is 8.41. The first kappa shape index (κ1) is 18.3. The number of thiocarbonyl (C=S) groups is 1. The molecule has 108 valence electrons. The molecule has 0 unspecified atom stereocenters. The van der Waals surface area contributed by atoms with Crippen molar-refractivity contribution in [3.8, 4) is 6.07 Å². The van der Waals surface area contributed by atoms with Crippen LogP contribution in [0.2, 0.25) is 0 Å². The van der Waals surface area contributed by atoms with Gasteiger partial charge in [-0.1, -0.05) is 64.2 Å². The molecule has 0 saturated heterocycles. The smallest absolute Gasteiger partial charge is 0.0621 e. The zero-order valence-electron chi connectivity index (χ0n) is 12.2. The highest BCUT2D eigenvalue weighted by atomic mass is 32.1. The first-order valence-corrected chi connectivity index (χ1v) is 8.23. The van der Waals surface area contributed by atoms with Gasteiger partial charge in [0.1, 0.15) is 0 Å². The minimum absolute atomic E-state index is 0.732. The number of hydrogen-bond donors (Lipinski definition) is 0. The van der Waals surface area contributed by atoms with Crippen LogP contribution in [-0.2, 0) is 0 Å². The van der Waals surface area contributed by atoms with E-state index in [-0.39, 0.29) is 0 Å². The van der Waals surface area contributed by atoms with Crippen molar-refractivity contribution in [2.75, 3.05) is 6.54 Å². The number of unbranched alkanes of at least 4 members (excludes halogenated alkanes) is 12. The molecule has 0 aromatic rings. The van der Waals surface area contributed by atoms with Crippen LogP contribution in [0.15, 0.2) is 4.99 Å². The molecule has 0 spiro atoms. The molecule has 0 aliphatic rings. The van der Waals surface area contributed by atoms with Gasteiger partial charge in [-0.25, -0.2) is 4.99 Å². The van der Waals surface area contributed by atoms with Crippen LogP contribution in [0.3, 0.4) is 0 Å². The number of hydrogen-bond acceptors (Lipinski definition) is 3. The van der Waals surface area contributed by atoms with Crippen molar-refractivity contribution >= 4 is 17.4 Å². The van der Waals surface area contributed by atoms with Gasteiger partial charge in [0.25, 0.3) is 0 Å². The van der Waals surface area contributed by atoms with Gasteiger partial charge in [0.2, 0.25) is 0 Å². The first-order chi connectivity index (χ1) is 9.41. The molecule has 0 saturated carbocycles. The summed E-state index contributed by atoms with van der Waals surface area (Å²) in [5, 5.41) is 10.8. The molecule has 0 radical (unpaired) electrons. The quantitative estimate of drug-likeness (QED) is 0.233. The zero-order chi connectivity index (χ0) is 14.0. The van der Waals surface area contributed by atoms with Crippen molar-refractivity contribution in [3.63, 3.8) is 0 Å². The zero-order valence-corrected chi connectivity index (χ0v) is 13.0. The number of isothiocyanates is 1. The molecule has 0 rings (SSSR count). The lowest BCUT2D eigenvalue weighted by molar-refractivity contribution is 0.543. The summed E-state index contributed by atoms with van der Waals surface area (Å²) in [4.78, 5) is 3.91. The van der Waals surface area contributed by atoms with Gasteiger partial charge in [0, 0.05) is 13.0 Å². The summed E-state index contributed by atoms with van der Waals surface area (Å²) < 4.78 is 0. The Morgan fingerprint density at radius 1 is 0.684 bits per heavy atom. The third-order valence-corrected chi connectivity index (χ3v) is 3.50. The maximum atomic E-state index is 8.41. The third-order valence-electron chi connectivity index (χ3n) is 3.37. The molecule has 0 bridgehead atoms. The summed E-state index contributed by atoms with van der Waals surface area (Å²) in [6.07, 6.45) is 16.4. The highest BCUT2D eigenvalue weighted by molar-refractivity contribution is 7.78. The molecule has 2 nitrogen and oxygen atoms in total. The molecule has 0 aliphatic carbocycles. The maximum Gasteiger partial charge on any atom is 0.0621 e. The van der Waals surface area contributed by atoms with Gasteiger partial charge >= 0.3 is 0 Å². The second-order valence-electron chi connectivity index (χ2n) is 5.12. The van der Waals surface area contributed by atoms with Crippen LogP contribution in [0.4, 0.5) is 0 Å². The van der Waals surface area contributed by atoms with Crippen LogP contribution in [0.5, 0.6) is 0 Å². The fourth-order valence-corrected chi connectivity index (χ4v) is 2.30. The van der Waals surface area contributed by atoms with Gasteiger partial charge in [-0.3, -0.25) is 0 Å². The molecule has 0 aromatic carbocycles. The third kappa shape index (κ3) is 17.3. The number of nitriles is 1.